The molecule has 1 aliphatic rings. The Balaban J connectivity index is 1.51. The van der Waals surface area contributed by atoms with E-state index in [1.165, 1.54) is 6.08 Å². The highest BCUT2D eigenvalue weighted by molar-refractivity contribution is 5.87. The minimum atomic E-state index is -1.00. The van der Waals surface area contributed by atoms with Crippen LogP contribution in [0.4, 0.5) is 4.39 Å². The van der Waals surface area contributed by atoms with Crippen LogP contribution in [0.25, 0.3) is 22.8 Å². The number of aliphatic carboxylic acids is 1. The van der Waals surface area contributed by atoms with Crippen molar-refractivity contribution in [3.63, 3.8) is 0 Å². The number of nitrogens with zero attached hydrogens (tertiary/aromatic N) is 3. The van der Waals surface area contributed by atoms with Crippen molar-refractivity contribution >= 4 is 23.1 Å². The summed E-state index contributed by atoms with van der Waals surface area (Å²) < 4.78 is 17.6. The van der Waals surface area contributed by atoms with E-state index in [-0.39, 0.29) is 0 Å². The summed E-state index contributed by atoms with van der Waals surface area (Å²) in [7, 11) is 1.96. The van der Waals surface area contributed by atoms with Gasteiger partial charge < -0.3 is 19.2 Å². The number of halogens is 1. The number of imidazole rings is 1. The molecule has 0 spiro atoms. The quantitative estimate of drug-likeness (QED) is 0.483. The molecule has 6 nitrogen and oxygen atoms in total. The van der Waals surface area contributed by atoms with E-state index < -0.39 is 18.1 Å². The van der Waals surface area contributed by atoms with Gasteiger partial charge in [0.1, 0.15) is 11.7 Å². The number of hydrogen-bond donors (Lipinski definition) is 2. The topological polar surface area (TPSA) is 75.8 Å². The SMILES string of the molecule is Cc1cc2c(ncn2C)c(-n2ccc(C(Cc3cc4c([nH]3)CC(F)C=C4)C(=O)O)c2)c1C. The third-order valence-corrected chi connectivity index (χ3v) is 6.48. The lowest BCUT2D eigenvalue weighted by Crippen LogP contribution is -2.14. The van der Waals surface area contributed by atoms with Crippen LogP contribution < -0.4 is 0 Å². The van der Waals surface area contributed by atoms with E-state index in [2.05, 4.69) is 29.9 Å². The number of aryl methyl sites for hydroxylation is 2. The van der Waals surface area contributed by atoms with Gasteiger partial charge in [0, 0.05) is 43.7 Å². The molecule has 1 aliphatic carbocycles. The molecule has 3 heterocycles. The smallest absolute Gasteiger partial charge is 0.311 e. The molecule has 2 N–H and O–H groups in total. The number of alkyl halides is 1. The zero-order valence-corrected chi connectivity index (χ0v) is 18.3. The molecule has 1 aromatic carbocycles. The second-order valence-electron chi connectivity index (χ2n) is 8.65. The molecule has 2 unspecified atom stereocenters. The van der Waals surface area contributed by atoms with Crippen LogP contribution in [0.1, 0.15) is 39.6 Å². The van der Waals surface area contributed by atoms with Crippen LogP contribution >= 0.6 is 0 Å². The molecule has 3 aromatic heterocycles. The van der Waals surface area contributed by atoms with Gasteiger partial charge in [-0.1, -0.05) is 6.08 Å². The van der Waals surface area contributed by atoms with E-state index in [0.717, 1.165) is 44.8 Å². The normalized spacial score (nSPS) is 16.4. The summed E-state index contributed by atoms with van der Waals surface area (Å²) in [6.07, 6.45) is 8.48. The number of nitrogens with one attached hydrogen (secondary N) is 1. The van der Waals surface area contributed by atoms with Crippen molar-refractivity contribution in [2.45, 2.75) is 38.8 Å². The third kappa shape index (κ3) is 3.34. The van der Waals surface area contributed by atoms with Crippen LogP contribution in [0.15, 0.2) is 43.0 Å². The van der Waals surface area contributed by atoms with Crippen molar-refractivity contribution in [1.82, 2.24) is 19.1 Å². The summed E-state index contributed by atoms with van der Waals surface area (Å²) in [5, 5.41) is 9.97. The minimum absolute atomic E-state index is 0.298. The van der Waals surface area contributed by atoms with Gasteiger partial charge in [0.05, 0.1) is 23.4 Å². The zero-order chi connectivity index (χ0) is 22.6. The lowest BCUT2D eigenvalue weighted by Gasteiger charge is -2.13. The second-order valence-corrected chi connectivity index (χ2v) is 8.65. The maximum absolute atomic E-state index is 13.7. The summed E-state index contributed by atoms with van der Waals surface area (Å²) in [6, 6.07) is 5.90. The minimum Gasteiger partial charge on any atom is -0.481 e. The van der Waals surface area contributed by atoms with E-state index in [1.54, 1.807) is 12.4 Å². The average Bonchev–Trinajstić information content (AvgIpc) is 3.46. The molecule has 5 rings (SSSR count). The fourth-order valence-corrected chi connectivity index (χ4v) is 4.59. The molecule has 0 fully saturated rings. The van der Waals surface area contributed by atoms with E-state index in [1.807, 2.05) is 40.7 Å². The molecule has 0 aliphatic heterocycles. The van der Waals surface area contributed by atoms with E-state index in [4.69, 9.17) is 0 Å². The van der Waals surface area contributed by atoms with Crippen molar-refractivity contribution in [2.24, 2.45) is 7.05 Å². The number of hydrogen-bond acceptors (Lipinski definition) is 2. The lowest BCUT2D eigenvalue weighted by molar-refractivity contribution is -0.138. The van der Waals surface area contributed by atoms with Gasteiger partial charge in [-0.05, 0) is 60.4 Å². The number of fused-ring (bicyclic) bond motifs is 2. The number of H-pyrrole nitrogens is 1. The Morgan fingerprint density at radius 1 is 1.38 bits per heavy atom. The van der Waals surface area contributed by atoms with Crippen LogP contribution in [0.3, 0.4) is 0 Å². The molecular weight excluding hydrogens is 407 g/mol. The first-order valence-electron chi connectivity index (χ1n) is 10.7. The van der Waals surface area contributed by atoms with Gasteiger partial charge in [0.2, 0.25) is 0 Å². The highest BCUT2D eigenvalue weighted by Crippen LogP contribution is 2.31. The Labute approximate surface area is 185 Å². The van der Waals surface area contributed by atoms with E-state index >= 15 is 0 Å². The summed E-state index contributed by atoms with van der Waals surface area (Å²) in [5.74, 6) is -1.61. The number of rotatable bonds is 5. The van der Waals surface area contributed by atoms with Gasteiger partial charge in [0.15, 0.2) is 0 Å². The predicted octanol–water partition coefficient (Wildman–Crippen LogP) is 4.63. The Kier molecular flexibility index (Phi) is 4.77. The summed E-state index contributed by atoms with van der Waals surface area (Å²) in [6.45, 7) is 4.13. The Bertz CT molecular complexity index is 1370. The standard InChI is InChI=1S/C25H25FN4O2/c1-14-8-22-23(27-13-29(22)3)24(15(14)2)30-7-6-17(12-30)20(25(31)32)11-19-9-16-4-5-18(26)10-21(16)28-19/h4-9,12-13,18,20,28H,10-11H2,1-3H3,(H,31,32). The van der Waals surface area contributed by atoms with Crippen LogP contribution in [0.2, 0.25) is 0 Å². The van der Waals surface area contributed by atoms with Gasteiger partial charge >= 0.3 is 5.97 Å². The molecule has 164 valence electrons. The average molecular weight is 432 g/mol. The van der Waals surface area contributed by atoms with Crippen molar-refractivity contribution in [3.05, 3.63) is 76.6 Å². The number of benzene rings is 1. The van der Waals surface area contributed by atoms with Gasteiger partial charge in [0.25, 0.3) is 0 Å². The Hall–Kier alpha value is -3.61. The Morgan fingerprint density at radius 3 is 2.97 bits per heavy atom. The second kappa shape index (κ2) is 7.51. The molecular formula is C25H25FN4O2. The molecule has 7 heteroatoms. The first-order valence-corrected chi connectivity index (χ1v) is 10.7. The molecule has 0 saturated heterocycles. The van der Waals surface area contributed by atoms with Crippen molar-refractivity contribution < 1.29 is 14.3 Å². The Morgan fingerprint density at radius 2 is 2.19 bits per heavy atom. The fourth-order valence-electron chi connectivity index (χ4n) is 4.59. The third-order valence-electron chi connectivity index (χ3n) is 6.48. The first kappa shape index (κ1) is 20.3. The van der Waals surface area contributed by atoms with Crippen LogP contribution in [0.5, 0.6) is 0 Å². The molecule has 32 heavy (non-hydrogen) atoms. The largest absolute Gasteiger partial charge is 0.481 e. The number of carboxylic acids is 1. The van der Waals surface area contributed by atoms with Crippen molar-refractivity contribution in [2.75, 3.05) is 0 Å². The number of aromatic nitrogens is 4. The van der Waals surface area contributed by atoms with Gasteiger partial charge in [-0.15, -0.1) is 0 Å². The lowest BCUT2D eigenvalue weighted by atomic mass is 9.96. The van der Waals surface area contributed by atoms with Gasteiger partial charge in [-0.25, -0.2) is 9.37 Å². The number of allylic oxidation sites excluding steroid dienone is 1. The van der Waals surface area contributed by atoms with Crippen molar-refractivity contribution in [1.29, 1.82) is 0 Å². The fraction of sp³-hybridized carbons (Fsp3) is 0.280. The van der Waals surface area contributed by atoms with Gasteiger partial charge in [-0.2, -0.15) is 0 Å². The summed E-state index contributed by atoms with van der Waals surface area (Å²) >= 11 is 0. The molecule has 0 bridgehead atoms. The first-order chi connectivity index (χ1) is 15.3. The molecule has 4 aromatic rings. The maximum Gasteiger partial charge on any atom is 0.311 e. The number of carboxylic acid groups (broad SMARTS) is 1. The highest BCUT2D eigenvalue weighted by atomic mass is 19.1. The predicted molar refractivity (Wildman–Crippen MR) is 122 cm³/mol. The summed E-state index contributed by atoms with van der Waals surface area (Å²) in [4.78, 5) is 20.0. The number of aromatic amines is 1. The van der Waals surface area contributed by atoms with Crippen molar-refractivity contribution in [3.8, 4) is 5.69 Å². The number of carbonyl (C=O) groups is 1. The highest BCUT2D eigenvalue weighted by Gasteiger charge is 2.25. The molecule has 0 radical (unpaired) electrons. The van der Waals surface area contributed by atoms with E-state index in [9.17, 15) is 14.3 Å². The zero-order valence-electron chi connectivity index (χ0n) is 18.3. The molecule has 2 atom stereocenters. The maximum atomic E-state index is 13.7. The van der Waals surface area contributed by atoms with Gasteiger partial charge in [-0.3, -0.25) is 4.79 Å². The monoisotopic (exact) mass is 432 g/mol. The van der Waals surface area contributed by atoms with Crippen LogP contribution in [0, 0.1) is 13.8 Å². The summed E-state index contributed by atoms with van der Waals surface area (Å²) in [5.41, 5.74) is 8.41. The molecule has 0 saturated carbocycles. The van der Waals surface area contributed by atoms with Crippen LogP contribution in [-0.4, -0.2) is 36.3 Å². The van der Waals surface area contributed by atoms with Crippen LogP contribution in [-0.2, 0) is 24.7 Å². The van der Waals surface area contributed by atoms with E-state index in [0.29, 0.717) is 18.4 Å². The molecule has 0 amide bonds.